The molecule has 0 aromatic rings. The van der Waals surface area contributed by atoms with Gasteiger partial charge in [0, 0.05) is 34.8 Å². The van der Waals surface area contributed by atoms with Gasteiger partial charge in [0.15, 0.2) is 11.9 Å². The van der Waals surface area contributed by atoms with E-state index in [0.29, 0.717) is 29.8 Å². The number of unbranched alkanes of at least 4 members (excludes halogenated alkanes) is 2. The number of carbonyl (C=O) groups excluding carboxylic acids is 6. The number of fused-ring (bicyclic) bond motifs is 2. The summed E-state index contributed by atoms with van der Waals surface area (Å²) in [5.74, 6) is 0.179. The smallest absolute Gasteiger partial charge is 0.332 e. The van der Waals surface area contributed by atoms with Gasteiger partial charge in [-0.05, 0) is 32.6 Å². The minimum atomic E-state index is -1.05. The first-order chi connectivity index (χ1) is 20.7. The van der Waals surface area contributed by atoms with Crippen molar-refractivity contribution in [1.29, 1.82) is 0 Å². The van der Waals surface area contributed by atoms with E-state index in [9.17, 15) is 28.8 Å². The van der Waals surface area contributed by atoms with Crippen LogP contribution >= 0.6 is 23.5 Å². The number of ketones is 1. The summed E-state index contributed by atoms with van der Waals surface area (Å²) in [6.07, 6.45) is 4.49. The van der Waals surface area contributed by atoms with Crippen molar-refractivity contribution in [2.45, 2.75) is 99.1 Å². The molecule has 0 bridgehead atoms. The highest BCUT2D eigenvalue weighted by molar-refractivity contribution is 8.00. The first-order valence-corrected chi connectivity index (χ1v) is 17.0. The van der Waals surface area contributed by atoms with Crippen LogP contribution in [-0.2, 0) is 28.7 Å². The number of Topliss-reactive ketones (excluding diaryl/α,β-unsaturated/α-hetero) is 1. The van der Waals surface area contributed by atoms with E-state index in [4.69, 9.17) is 9.47 Å². The van der Waals surface area contributed by atoms with Crippen LogP contribution in [0.5, 0.6) is 0 Å². The molecule has 16 heteroatoms. The van der Waals surface area contributed by atoms with Gasteiger partial charge in [-0.1, -0.05) is 12.8 Å². The summed E-state index contributed by atoms with van der Waals surface area (Å²) in [6, 6.07) is 0.448. The molecule has 6 N–H and O–H groups in total. The summed E-state index contributed by atoms with van der Waals surface area (Å²) in [5, 5.41) is 17.6. The summed E-state index contributed by atoms with van der Waals surface area (Å²) in [5.41, 5.74) is 0. The van der Waals surface area contributed by atoms with Gasteiger partial charge in [0.2, 0.25) is 11.8 Å². The first kappa shape index (κ1) is 33.2. The Morgan fingerprint density at radius 3 is 1.91 bits per heavy atom. The Labute approximate surface area is 259 Å². The van der Waals surface area contributed by atoms with Crippen molar-refractivity contribution >= 4 is 59.2 Å². The summed E-state index contributed by atoms with van der Waals surface area (Å²) in [7, 11) is 0. The first-order valence-electron chi connectivity index (χ1n) is 14.9. The number of rotatable bonds is 18. The summed E-state index contributed by atoms with van der Waals surface area (Å²) in [4.78, 5) is 71.3. The Morgan fingerprint density at radius 2 is 1.35 bits per heavy atom. The summed E-state index contributed by atoms with van der Waals surface area (Å²) in [6.45, 7) is 0.611. The van der Waals surface area contributed by atoms with Crippen LogP contribution in [0.1, 0.15) is 58.3 Å². The summed E-state index contributed by atoms with van der Waals surface area (Å²) < 4.78 is 10.2. The monoisotopic (exact) mass is 642 g/mol. The van der Waals surface area contributed by atoms with Crippen molar-refractivity contribution in [3.8, 4) is 0 Å². The Morgan fingerprint density at radius 1 is 0.814 bits per heavy atom. The number of ether oxygens (including phenoxy) is 2. The van der Waals surface area contributed by atoms with Crippen molar-refractivity contribution < 1.29 is 38.2 Å². The average molecular weight is 643 g/mol. The predicted octanol–water partition coefficient (Wildman–Crippen LogP) is 0.145. The Hall–Kier alpha value is -2.72. The second kappa shape index (κ2) is 16.4. The second-order valence-corrected chi connectivity index (χ2v) is 13.7. The maximum Gasteiger partial charge on any atom is 0.332 e. The molecule has 4 aliphatic rings. The Balaban J connectivity index is 0.956. The number of nitrogens with one attached hydrogen (secondary N) is 6. The van der Waals surface area contributed by atoms with Crippen molar-refractivity contribution in [2.75, 3.05) is 31.4 Å². The minimum Gasteiger partial charge on any atom is -0.453 e. The van der Waals surface area contributed by atoms with Gasteiger partial charge < -0.3 is 41.4 Å². The van der Waals surface area contributed by atoms with Crippen molar-refractivity contribution in [2.24, 2.45) is 0 Å². The zero-order valence-corrected chi connectivity index (χ0v) is 25.9. The fourth-order valence-corrected chi connectivity index (χ4v) is 8.70. The Kier molecular flexibility index (Phi) is 12.6. The van der Waals surface area contributed by atoms with Gasteiger partial charge in [0.25, 0.3) is 0 Å². The molecule has 6 amide bonds. The molecule has 4 rings (SSSR count). The minimum absolute atomic E-state index is 0.107. The highest BCUT2D eigenvalue weighted by Gasteiger charge is 2.43. The van der Waals surface area contributed by atoms with E-state index in [1.54, 1.807) is 0 Å². The van der Waals surface area contributed by atoms with Gasteiger partial charge in [0.05, 0.1) is 30.7 Å². The van der Waals surface area contributed by atoms with Crippen LogP contribution in [0, 0.1) is 0 Å². The van der Waals surface area contributed by atoms with E-state index < -0.39 is 24.5 Å². The van der Waals surface area contributed by atoms with E-state index in [1.165, 1.54) is 6.92 Å². The number of carbonyl (C=O) groups is 6. The fraction of sp³-hybridized carbons (Fsp3) is 0.778. The van der Waals surface area contributed by atoms with Gasteiger partial charge >= 0.3 is 18.0 Å². The molecule has 0 aromatic heterocycles. The normalized spacial score (nSPS) is 27.7. The zero-order chi connectivity index (χ0) is 30.8. The standard InChI is InChI=1S/C27H42N6O8S2/c1-15(18(34)10-28-21(35)8-4-2-6-19-24-16(12-42-19)30-26(38)32-24)41-23(37)11-40-14-29-22(36)9-5-3-7-20-25-17(13-43-20)31-27(39)33-25/h15-17,19-20,24-25H,2-14H2,1H3,(H,28,35)(H,29,36)(H2,30,32,38)(H2,31,33,39)/t15?,16-,17-,19?,20?,24-,25-/m1/s1. The van der Waals surface area contributed by atoms with Gasteiger partial charge in [-0.3, -0.25) is 14.4 Å². The highest BCUT2D eigenvalue weighted by atomic mass is 32.2. The number of esters is 1. The number of hydrogen-bond donors (Lipinski definition) is 6. The van der Waals surface area contributed by atoms with Crippen molar-refractivity contribution in [3.05, 3.63) is 0 Å². The molecule has 4 heterocycles. The van der Waals surface area contributed by atoms with Crippen LogP contribution in [0.25, 0.3) is 0 Å². The Bertz CT molecular complexity index is 1050. The van der Waals surface area contributed by atoms with Gasteiger partial charge in [-0.15, -0.1) is 0 Å². The highest BCUT2D eigenvalue weighted by Crippen LogP contribution is 2.34. The second-order valence-electron chi connectivity index (χ2n) is 11.2. The largest absolute Gasteiger partial charge is 0.453 e. The van der Waals surface area contributed by atoms with Gasteiger partial charge in [-0.2, -0.15) is 23.5 Å². The van der Waals surface area contributed by atoms with E-state index in [2.05, 4.69) is 31.9 Å². The molecule has 0 aromatic carbocycles. The lowest BCUT2D eigenvalue weighted by Crippen LogP contribution is -2.37. The maximum atomic E-state index is 12.3. The van der Waals surface area contributed by atoms with Crippen LogP contribution in [0.15, 0.2) is 0 Å². The number of amides is 6. The number of thioether (sulfide) groups is 2. The molecule has 14 nitrogen and oxygen atoms in total. The molecule has 7 atom stereocenters. The predicted molar refractivity (Wildman–Crippen MR) is 160 cm³/mol. The third-order valence-corrected chi connectivity index (χ3v) is 11.0. The van der Waals surface area contributed by atoms with Crippen LogP contribution in [0.2, 0.25) is 0 Å². The topological polar surface area (TPSA) is 193 Å². The van der Waals surface area contributed by atoms with E-state index >= 15 is 0 Å². The van der Waals surface area contributed by atoms with Crippen molar-refractivity contribution in [1.82, 2.24) is 31.9 Å². The molecular formula is C27H42N6O8S2. The molecule has 4 fully saturated rings. The lowest BCUT2D eigenvalue weighted by molar-refractivity contribution is -0.158. The summed E-state index contributed by atoms with van der Waals surface area (Å²) >= 11 is 3.67. The van der Waals surface area contributed by atoms with Crippen LogP contribution < -0.4 is 31.9 Å². The molecule has 0 aliphatic carbocycles. The SMILES string of the molecule is CC(OC(=O)COCNC(=O)CCCCC1SC[C@H]2NC(=O)N[C@@H]12)C(=O)CNC(=O)CCCCC1SC[C@H]2NC(=O)N[C@@H]12. The van der Waals surface area contributed by atoms with Crippen LogP contribution in [0.3, 0.4) is 0 Å². The number of urea groups is 2. The lowest BCUT2D eigenvalue weighted by atomic mass is 10.0. The molecule has 43 heavy (non-hydrogen) atoms. The molecule has 240 valence electrons. The van der Waals surface area contributed by atoms with Crippen LogP contribution in [0.4, 0.5) is 9.59 Å². The third-order valence-electron chi connectivity index (χ3n) is 7.97. The fourth-order valence-electron chi connectivity index (χ4n) is 5.62. The quantitative estimate of drug-likeness (QED) is 0.0519. The lowest BCUT2D eigenvalue weighted by Gasteiger charge is -2.16. The molecular weight excluding hydrogens is 600 g/mol. The third kappa shape index (κ3) is 10.2. The molecule has 3 unspecified atom stereocenters. The molecule has 0 spiro atoms. The van der Waals surface area contributed by atoms with E-state index in [-0.39, 0.29) is 67.7 Å². The van der Waals surface area contributed by atoms with Gasteiger partial charge in [-0.25, -0.2) is 14.4 Å². The average Bonchev–Trinajstić information content (AvgIpc) is 3.72. The number of hydrogen-bond acceptors (Lipinski definition) is 10. The van der Waals surface area contributed by atoms with E-state index in [0.717, 1.165) is 37.2 Å². The van der Waals surface area contributed by atoms with Gasteiger partial charge in [0.1, 0.15) is 13.3 Å². The van der Waals surface area contributed by atoms with Crippen molar-refractivity contribution in [3.63, 3.8) is 0 Å². The molecule has 4 aliphatic heterocycles. The zero-order valence-electron chi connectivity index (χ0n) is 24.3. The molecule has 4 saturated heterocycles. The maximum absolute atomic E-state index is 12.3. The van der Waals surface area contributed by atoms with E-state index in [1.807, 2.05) is 23.5 Å². The molecule has 0 radical (unpaired) electrons. The van der Waals surface area contributed by atoms with Crippen LogP contribution in [-0.4, -0.2) is 108 Å². The molecule has 0 saturated carbocycles.